The number of hydrogen-bond donors (Lipinski definition) is 1. The number of benzene rings is 1. The van der Waals surface area contributed by atoms with Crippen LogP contribution in [0.25, 0.3) is 0 Å². The normalized spacial score (nSPS) is 18.4. The Balaban J connectivity index is 2.21. The minimum absolute atomic E-state index is 0.510. The van der Waals surface area contributed by atoms with Crippen molar-refractivity contribution in [3.63, 3.8) is 0 Å². The van der Waals surface area contributed by atoms with Gasteiger partial charge in [-0.25, -0.2) is 0 Å². The fourth-order valence-electron chi connectivity index (χ4n) is 3.21. The second kappa shape index (κ2) is 6.49. The molecule has 0 unspecified atom stereocenters. The summed E-state index contributed by atoms with van der Waals surface area (Å²) in [7, 11) is 1.66. The molecule has 1 saturated heterocycles. The van der Waals surface area contributed by atoms with Crippen molar-refractivity contribution in [1.29, 1.82) is 0 Å². The second-order valence-electron chi connectivity index (χ2n) is 6.14. The summed E-state index contributed by atoms with van der Waals surface area (Å²) in [6.07, 6.45) is 1.95. The predicted octanol–water partition coefficient (Wildman–Crippen LogP) is 3.62. The monoisotopic (exact) mass is 277 g/mol. The molecule has 112 valence electrons. The molecule has 2 rings (SSSR count). The van der Waals surface area contributed by atoms with E-state index >= 15 is 0 Å². The molecule has 1 atom stereocenters. The Bertz CT molecular complexity index is 435. The summed E-state index contributed by atoms with van der Waals surface area (Å²) < 4.78 is 5.41. The summed E-state index contributed by atoms with van der Waals surface area (Å²) in [5.74, 6) is 2.37. The fourth-order valence-corrected chi connectivity index (χ4v) is 3.21. The first-order chi connectivity index (χ1) is 9.54. The third-order valence-electron chi connectivity index (χ3n) is 4.50. The van der Waals surface area contributed by atoms with E-state index in [1.807, 2.05) is 19.1 Å². The molecule has 1 aromatic carbocycles. The second-order valence-corrected chi connectivity index (χ2v) is 6.14. The standard InChI is InChI=1S/C17H27NO2/c1-12(2)14-8-10-18(11-9-14)15-6-5-7-16(20-4)17(15)13(3)19/h5-7,12-14,19H,8-11H2,1-4H3/t13-/m0/s1. The van der Waals surface area contributed by atoms with Crippen LogP contribution in [0.3, 0.4) is 0 Å². The minimum atomic E-state index is -0.510. The molecule has 0 aliphatic carbocycles. The van der Waals surface area contributed by atoms with Crippen LogP contribution in [0.1, 0.15) is 45.3 Å². The van der Waals surface area contributed by atoms with E-state index in [0.717, 1.165) is 41.9 Å². The molecular formula is C17H27NO2. The van der Waals surface area contributed by atoms with Crippen molar-refractivity contribution in [3.8, 4) is 5.75 Å². The van der Waals surface area contributed by atoms with Crippen molar-refractivity contribution in [1.82, 2.24) is 0 Å². The van der Waals surface area contributed by atoms with Crippen molar-refractivity contribution in [2.45, 2.75) is 39.7 Å². The van der Waals surface area contributed by atoms with Gasteiger partial charge in [0.2, 0.25) is 0 Å². The zero-order valence-corrected chi connectivity index (χ0v) is 13.1. The Morgan fingerprint density at radius 3 is 2.35 bits per heavy atom. The molecule has 0 bridgehead atoms. The zero-order valence-electron chi connectivity index (χ0n) is 13.1. The largest absolute Gasteiger partial charge is 0.496 e. The highest BCUT2D eigenvalue weighted by molar-refractivity contribution is 5.60. The van der Waals surface area contributed by atoms with Crippen molar-refractivity contribution in [3.05, 3.63) is 23.8 Å². The topological polar surface area (TPSA) is 32.7 Å². The number of nitrogens with zero attached hydrogens (tertiary/aromatic N) is 1. The van der Waals surface area contributed by atoms with E-state index in [9.17, 15) is 5.11 Å². The molecule has 0 aromatic heterocycles. The van der Waals surface area contributed by atoms with E-state index in [1.165, 1.54) is 12.8 Å². The SMILES string of the molecule is COc1cccc(N2CCC(C(C)C)CC2)c1[C@H](C)O. The molecule has 20 heavy (non-hydrogen) atoms. The van der Waals surface area contributed by atoms with Crippen molar-refractivity contribution in [2.24, 2.45) is 11.8 Å². The summed E-state index contributed by atoms with van der Waals surface area (Å²) in [5, 5.41) is 10.1. The van der Waals surface area contributed by atoms with Crippen LogP contribution in [-0.4, -0.2) is 25.3 Å². The van der Waals surface area contributed by atoms with Gasteiger partial charge in [0.15, 0.2) is 0 Å². The van der Waals surface area contributed by atoms with Crippen molar-refractivity contribution < 1.29 is 9.84 Å². The van der Waals surface area contributed by atoms with E-state index in [2.05, 4.69) is 24.8 Å². The molecule has 1 heterocycles. The maximum absolute atomic E-state index is 10.1. The van der Waals surface area contributed by atoms with Gasteiger partial charge in [-0.3, -0.25) is 0 Å². The lowest BCUT2D eigenvalue weighted by Crippen LogP contribution is -2.36. The average molecular weight is 277 g/mol. The summed E-state index contributed by atoms with van der Waals surface area (Å²) in [4.78, 5) is 2.39. The number of hydrogen-bond acceptors (Lipinski definition) is 3. The van der Waals surface area contributed by atoms with Crippen LogP contribution in [0.2, 0.25) is 0 Å². The van der Waals surface area contributed by atoms with Crippen molar-refractivity contribution >= 4 is 5.69 Å². The van der Waals surface area contributed by atoms with Gasteiger partial charge in [-0.05, 0) is 43.7 Å². The summed E-state index contributed by atoms with van der Waals surface area (Å²) in [5.41, 5.74) is 2.04. The number of aliphatic hydroxyl groups is 1. The van der Waals surface area contributed by atoms with Gasteiger partial charge in [0.25, 0.3) is 0 Å². The highest BCUT2D eigenvalue weighted by atomic mass is 16.5. The maximum Gasteiger partial charge on any atom is 0.126 e. The van der Waals surface area contributed by atoms with Gasteiger partial charge in [-0.15, -0.1) is 0 Å². The number of piperidine rings is 1. The van der Waals surface area contributed by atoms with Gasteiger partial charge in [0.1, 0.15) is 5.75 Å². The first-order valence-corrected chi connectivity index (χ1v) is 7.64. The molecular weight excluding hydrogens is 250 g/mol. The van der Waals surface area contributed by atoms with Crippen LogP contribution < -0.4 is 9.64 Å². The Labute approximate surface area is 122 Å². The van der Waals surface area contributed by atoms with Crippen molar-refractivity contribution in [2.75, 3.05) is 25.1 Å². The van der Waals surface area contributed by atoms with E-state index in [-0.39, 0.29) is 0 Å². The van der Waals surface area contributed by atoms with Gasteiger partial charge < -0.3 is 14.7 Å². The van der Waals surface area contributed by atoms with Crippen LogP contribution >= 0.6 is 0 Å². The number of anilines is 1. The molecule has 1 aliphatic heterocycles. The van der Waals surface area contributed by atoms with E-state index < -0.39 is 6.10 Å². The van der Waals surface area contributed by atoms with Crippen LogP contribution in [0, 0.1) is 11.8 Å². The smallest absolute Gasteiger partial charge is 0.126 e. The Hall–Kier alpha value is -1.22. The molecule has 1 aromatic rings. The van der Waals surface area contributed by atoms with Crippen LogP contribution in [0.4, 0.5) is 5.69 Å². The Morgan fingerprint density at radius 2 is 1.85 bits per heavy atom. The molecule has 0 radical (unpaired) electrons. The third-order valence-corrected chi connectivity index (χ3v) is 4.50. The molecule has 0 saturated carbocycles. The third kappa shape index (κ3) is 3.09. The first-order valence-electron chi connectivity index (χ1n) is 7.64. The summed E-state index contributed by atoms with van der Waals surface area (Å²) in [6, 6.07) is 6.03. The molecule has 0 amide bonds. The van der Waals surface area contributed by atoms with Crippen LogP contribution in [-0.2, 0) is 0 Å². The van der Waals surface area contributed by atoms with E-state index in [1.54, 1.807) is 7.11 Å². The summed E-state index contributed by atoms with van der Waals surface area (Å²) in [6.45, 7) is 8.56. The molecule has 1 N–H and O–H groups in total. The summed E-state index contributed by atoms with van der Waals surface area (Å²) >= 11 is 0. The first kappa shape index (κ1) is 15.2. The minimum Gasteiger partial charge on any atom is -0.496 e. The Morgan fingerprint density at radius 1 is 1.20 bits per heavy atom. The van der Waals surface area contributed by atoms with Crippen LogP contribution in [0.5, 0.6) is 5.75 Å². The van der Waals surface area contributed by atoms with Gasteiger partial charge in [-0.1, -0.05) is 19.9 Å². The van der Waals surface area contributed by atoms with Gasteiger partial charge in [0.05, 0.1) is 13.2 Å². The van der Waals surface area contributed by atoms with Gasteiger partial charge >= 0.3 is 0 Å². The average Bonchev–Trinajstić information content (AvgIpc) is 2.46. The maximum atomic E-state index is 10.1. The highest BCUT2D eigenvalue weighted by Gasteiger charge is 2.25. The number of ether oxygens (including phenoxy) is 1. The van der Waals surface area contributed by atoms with Gasteiger partial charge in [0, 0.05) is 24.3 Å². The Kier molecular flexibility index (Phi) is 4.92. The molecule has 3 heteroatoms. The predicted molar refractivity (Wildman–Crippen MR) is 83.4 cm³/mol. The molecule has 1 aliphatic rings. The lowest BCUT2D eigenvalue weighted by Gasteiger charge is -2.37. The molecule has 0 spiro atoms. The number of aliphatic hydroxyl groups excluding tert-OH is 1. The number of rotatable bonds is 4. The quantitative estimate of drug-likeness (QED) is 0.912. The molecule has 3 nitrogen and oxygen atoms in total. The molecule has 1 fully saturated rings. The van der Waals surface area contributed by atoms with Gasteiger partial charge in [-0.2, -0.15) is 0 Å². The lowest BCUT2D eigenvalue weighted by atomic mass is 9.86. The lowest BCUT2D eigenvalue weighted by molar-refractivity contribution is 0.194. The fraction of sp³-hybridized carbons (Fsp3) is 0.647. The zero-order chi connectivity index (χ0) is 14.7. The van der Waals surface area contributed by atoms with E-state index in [0.29, 0.717) is 0 Å². The number of methoxy groups -OCH3 is 1. The van der Waals surface area contributed by atoms with Crippen LogP contribution in [0.15, 0.2) is 18.2 Å². The van der Waals surface area contributed by atoms with E-state index in [4.69, 9.17) is 4.74 Å². The highest BCUT2D eigenvalue weighted by Crippen LogP contribution is 2.37.